The van der Waals surface area contributed by atoms with Gasteiger partial charge in [-0.3, -0.25) is 9.59 Å². The van der Waals surface area contributed by atoms with Crippen molar-refractivity contribution < 1.29 is 9.59 Å². The van der Waals surface area contributed by atoms with E-state index in [-0.39, 0.29) is 17.2 Å². The van der Waals surface area contributed by atoms with Crippen LogP contribution in [0.15, 0.2) is 30.3 Å². The van der Waals surface area contributed by atoms with E-state index in [9.17, 15) is 9.59 Å². The number of nitrogens with zero attached hydrogens (tertiary/aromatic N) is 1. The lowest BCUT2D eigenvalue weighted by Crippen LogP contribution is -2.62. The Balaban J connectivity index is 1.64. The van der Waals surface area contributed by atoms with Crippen LogP contribution in [0.3, 0.4) is 0 Å². The molecular weight excluding hydrogens is 336 g/mol. The lowest BCUT2D eigenvalue weighted by Gasteiger charge is -2.59. The summed E-state index contributed by atoms with van der Waals surface area (Å²) in [7, 11) is 0. The first-order chi connectivity index (χ1) is 13.0. The smallest absolute Gasteiger partial charge is 0.251 e. The van der Waals surface area contributed by atoms with Crippen molar-refractivity contribution >= 4 is 11.8 Å². The van der Waals surface area contributed by atoms with Crippen LogP contribution in [0.2, 0.25) is 0 Å². The van der Waals surface area contributed by atoms with Gasteiger partial charge >= 0.3 is 0 Å². The minimum absolute atomic E-state index is 0.0428. The molecule has 1 N–H and O–H groups in total. The van der Waals surface area contributed by atoms with Gasteiger partial charge in [0.1, 0.15) is 6.04 Å². The first-order valence-electron chi connectivity index (χ1n) is 10.7. The van der Waals surface area contributed by atoms with Crippen LogP contribution >= 0.6 is 0 Å². The minimum Gasteiger partial charge on any atom is -0.341 e. The molecule has 27 heavy (non-hydrogen) atoms. The highest BCUT2D eigenvalue weighted by Crippen LogP contribution is 2.61. The Labute approximate surface area is 162 Å². The van der Waals surface area contributed by atoms with Crippen LogP contribution in [0.25, 0.3) is 0 Å². The van der Waals surface area contributed by atoms with E-state index in [0.29, 0.717) is 18.7 Å². The van der Waals surface area contributed by atoms with E-state index in [4.69, 9.17) is 0 Å². The van der Waals surface area contributed by atoms with E-state index in [0.717, 1.165) is 37.0 Å². The highest BCUT2D eigenvalue weighted by molar-refractivity contribution is 5.97. The van der Waals surface area contributed by atoms with Crippen LogP contribution in [-0.2, 0) is 4.79 Å². The summed E-state index contributed by atoms with van der Waals surface area (Å²) in [4.78, 5) is 28.4. The van der Waals surface area contributed by atoms with Gasteiger partial charge in [-0.25, -0.2) is 0 Å². The van der Waals surface area contributed by atoms with Crippen LogP contribution in [0.5, 0.6) is 0 Å². The van der Waals surface area contributed by atoms with E-state index in [1.165, 1.54) is 19.3 Å². The number of nitrogens with one attached hydrogen (secondary N) is 1. The first-order valence-corrected chi connectivity index (χ1v) is 10.7. The molecule has 0 heterocycles. The van der Waals surface area contributed by atoms with Gasteiger partial charge in [-0.1, -0.05) is 18.2 Å². The number of rotatable bonds is 6. The Morgan fingerprint density at radius 2 is 1.52 bits per heavy atom. The van der Waals surface area contributed by atoms with Crippen LogP contribution in [0.1, 0.15) is 62.7 Å². The van der Waals surface area contributed by atoms with Gasteiger partial charge in [0.25, 0.3) is 5.91 Å². The number of hydrogen-bond acceptors (Lipinski definition) is 2. The molecule has 4 aliphatic carbocycles. The molecule has 1 aromatic carbocycles. The minimum atomic E-state index is -0.390. The summed E-state index contributed by atoms with van der Waals surface area (Å²) in [5.74, 6) is 2.24. The van der Waals surface area contributed by atoms with Crippen molar-refractivity contribution in [3.05, 3.63) is 35.9 Å². The number of carbonyl (C=O) groups excluding carboxylic acids is 2. The second kappa shape index (κ2) is 7.29. The van der Waals surface area contributed by atoms with Crippen molar-refractivity contribution in [3.63, 3.8) is 0 Å². The van der Waals surface area contributed by atoms with Gasteiger partial charge in [-0.2, -0.15) is 0 Å². The Hall–Kier alpha value is -1.84. The van der Waals surface area contributed by atoms with Crippen molar-refractivity contribution in [1.82, 2.24) is 10.2 Å². The fourth-order valence-corrected chi connectivity index (χ4v) is 6.53. The maximum atomic E-state index is 13.5. The molecule has 1 atom stereocenters. The van der Waals surface area contributed by atoms with Crippen molar-refractivity contribution in [3.8, 4) is 0 Å². The molecule has 0 spiro atoms. The van der Waals surface area contributed by atoms with Gasteiger partial charge in [-0.15, -0.1) is 0 Å². The fraction of sp³-hybridized carbons (Fsp3) is 0.652. The molecule has 4 bridgehead atoms. The maximum absolute atomic E-state index is 13.5. The zero-order chi connectivity index (χ0) is 19.0. The molecule has 4 saturated carbocycles. The average Bonchev–Trinajstić information content (AvgIpc) is 2.66. The zero-order valence-corrected chi connectivity index (χ0v) is 16.6. The highest BCUT2D eigenvalue weighted by Gasteiger charge is 2.56. The van der Waals surface area contributed by atoms with Crippen LogP contribution in [-0.4, -0.2) is 35.8 Å². The van der Waals surface area contributed by atoms with E-state index >= 15 is 0 Å². The third-order valence-corrected chi connectivity index (χ3v) is 7.33. The monoisotopic (exact) mass is 368 g/mol. The quantitative estimate of drug-likeness (QED) is 0.829. The van der Waals surface area contributed by atoms with Crippen molar-refractivity contribution in [1.29, 1.82) is 0 Å². The standard InChI is InChI=1S/C23H32N2O2/c1-3-25(4-2)22(27)20(24-21(26)19-8-6-5-7-9-19)23-13-16-10-17(14-23)12-18(11-16)15-23/h5-9,16-18,20H,3-4,10-15H2,1-2H3,(H,24,26)/t16?,17?,18?,20-,23?/m1/s1. The lowest BCUT2D eigenvalue weighted by molar-refractivity contribution is -0.144. The third-order valence-electron chi connectivity index (χ3n) is 7.33. The second-order valence-electron chi connectivity index (χ2n) is 9.06. The third kappa shape index (κ3) is 3.39. The molecule has 5 rings (SSSR count). The van der Waals surface area contributed by atoms with Gasteiger partial charge < -0.3 is 10.2 Å². The number of amides is 2. The van der Waals surface area contributed by atoms with Crippen LogP contribution in [0.4, 0.5) is 0 Å². The molecule has 146 valence electrons. The molecule has 1 aromatic rings. The summed E-state index contributed by atoms with van der Waals surface area (Å²) in [6.45, 7) is 5.44. The zero-order valence-electron chi connectivity index (χ0n) is 16.6. The maximum Gasteiger partial charge on any atom is 0.251 e. The molecule has 4 nitrogen and oxygen atoms in total. The molecule has 2 amide bonds. The van der Waals surface area contributed by atoms with Gasteiger partial charge in [0.15, 0.2) is 0 Å². The first kappa shape index (κ1) is 18.5. The van der Waals surface area contributed by atoms with Crippen molar-refractivity contribution in [2.45, 2.75) is 58.4 Å². The highest BCUT2D eigenvalue weighted by atomic mass is 16.2. The van der Waals surface area contributed by atoms with Crippen LogP contribution in [0, 0.1) is 23.2 Å². The topological polar surface area (TPSA) is 49.4 Å². The summed E-state index contributed by atoms with van der Waals surface area (Å²) in [5.41, 5.74) is 0.596. The van der Waals surface area contributed by atoms with Gasteiger partial charge in [0, 0.05) is 24.1 Å². The van der Waals surface area contributed by atoms with Gasteiger partial charge in [-0.05, 0) is 82.3 Å². The molecule has 0 unspecified atom stereocenters. The van der Waals surface area contributed by atoms with E-state index in [1.54, 1.807) is 0 Å². The molecular formula is C23H32N2O2. The van der Waals surface area contributed by atoms with Gasteiger partial charge in [0.2, 0.25) is 5.91 Å². The SMILES string of the molecule is CCN(CC)C(=O)[C@@H](NC(=O)c1ccccc1)C12CC3CC(CC(C3)C1)C2. The number of benzene rings is 1. The average molecular weight is 369 g/mol. The van der Waals surface area contributed by atoms with E-state index < -0.39 is 6.04 Å². The number of hydrogen-bond donors (Lipinski definition) is 1. The Bertz CT molecular complexity index is 660. The molecule has 0 aliphatic heterocycles. The summed E-state index contributed by atoms with van der Waals surface area (Å²) in [6.07, 6.45) is 7.30. The molecule has 0 saturated heterocycles. The summed E-state index contributed by atoms with van der Waals surface area (Å²) in [5, 5.41) is 3.21. The van der Waals surface area contributed by atoms with E-state index in [2.05, 4.69) is 5.32 Å². The predicted octanol–water partition coefficient (Wildman–Crippen LogP) is 3.87. The Morgan fingerprint density at radius 1 is 1.00 bits per heavy atom. The number of likely N-dealkylation sites (N-methyl/N-ethyl adjacent to an activating group) is 1. The van der Waals surface area contributed by atoms with Crippen molar-refractivity contribution in [2.75, 3.05) is 13.1 Å². The summed E-state index contributed by atoms with van der Waals surface area (Å²) in [6, 6.07) is 8.93. The molecule has 0 aromatic heterocycles. The largest absolute Gasteiger partial charge is 0.341 e. The Morgan fingerprint density at radius 3 is 2.00 bits per heavy atom. The molecule has 4 fully saturated rings. The van der Waals surface area contributed by atoms with Crippen molar-refractivity contribution in [2.24, 2.45) is 23.2 Å². The Kier molecular flexibility index (Phi) is 5.00. The van der Waals surface area contributed by atoms with Crippen LogP contribution < -0.4 is 5.32 Å². The molecule has 4 aliphatic rings. The molecule has 4 heteroatoms. The fourth-order valence-electron chi connectivity index (χ4n) is 6.53. The van der Waals surface area contributed by atoms with Gasteiger partial charge in [0.05, 0.1) is 0 Å². The normalized spacial score (nSPS) is 32.1. The predicted molar refractivity (Wildman–Crippen MR) is 106 cm³/mol. The summed E-state index contributed by atoms with van der Waals surface area (Å²) < 4.78 is 0. The second-order valence-corrected chi connectivity index (χ2v) is 9.06. The number of carbonyl (C=O) groups is 2. The summed E-state index contributed by atoms with van der Waals surface area (Å²) >= 11 is 0. The molecule has 0 radical (unpaired) electrons. The van der Waals surface area contributed by atoms with E-state index in [1.807, 2.05) is 49.1 Å². The lowest BCUT2D eigenvalue weighted by atomic mass is 9.47.